The number of aromatic nitrogens is 1. The van der Waals surface area contributed by atoms with Gasteiger partial charge in [0.1, 0.15) is 5.76 Å². The molecule has 0 saturated carbocycles. The molecular weight excluding hydrogens is 176 g/mol. The molecule has 3 nitrogen and oxygen atoms in total. The molecular formula is C11H18N2O. The second kappa shape index (κ2) is 4.13. The van der Waals surface area contributed by atoms with Gasteiger partial charge in [0.05, 0.1) is 6.20 Å². The largest absolute Gasteiger partial charge is 0.445 e. The molecule has 0 aliphatic carbocycles. The third-order valence-electron chi connectivity index (χ3n) is 2.62. The average molecular weight is 194 g/mol. The Kier molecular flexibility index (Phi) is 2.87. The molecule has 1 aliphatic rings. The maximum Gasteiger partial charge on any atom is 0.194 e. The summed E-state index contributed by atoms with van der Waals surface area (Å²) in [6.45, 7) is 6.50. The van der Waals surface area contributed by atoms with Crippen LogP contribution in [0.3, 0.4) is 0 Å². The van der Waals surface area contributed by atoms with E-state index in [-0.39, 0.29) is 0 Å². The second-order valence-corrected chi connectivity index (χ2v) is 4.44. The number of rotatable bonds is 3. The Bertz CT molecular complexity index is 287. The lowest BCUT2D eigenvalue weighted by atomic mass is 10.1. The lowest BCUT2D eigenvalue weighted by Gasteiger charge is -2.02. The highest BCUT2D eigenvalue weighted by Gasteiger charge is 2.20. The van der Waals surface area contributed by atoms with Crippen LogP contribution in [0.5, 0.6) is 0 Å². The zero-order valence-corrected chi connectivity index (χ0v) is 8.92. The molecule has 0 bridgehead atoms. The molecule has 1 atom stereocenters. The van der Waals surface area contributed by atoms with Crippen molar-refractivity contribution >= 4 is 0 Å². The van der Waals surface area contributed by atoms with Gasteiger partial charge in [0.2, 0.25) is 0 Å². The van der Waals surface area contributed by atoms with Crippen LogP contribution in [0.25, 0.3) is 0 Å². The molecule has 0 radical (unpaired) electrons. The monoisotopic (exact) mass is 194 g/mol. The minimum absolute atomic E-state index is 0.545. The van der Waals surface area contributed by atoms with Crippen LogP contribution in [0.4, 0.5) is 0 Å². The van der Waals surface area contributed by atoms with Crippen molar-refractivity contribution in [2.45, 2.75) is 32.6 Å². The van der Waals surface area contributed by atoms with Crippen molar-refractivity contribution in [1.29, 1.82) is 0 Å². The van der Waals surface area contributed by atoms with Crippen LogP contribution in [0.1, 0.15) is 37.8 Å². The molecule has 0 spiro atoms. The lowest BCUT2D eigenvalue weighted by Crippen LogP contribution is -2.07. The predicted octanol–water partition coefficient (Wildman–Crippen LogP) is 1.95. The summed E-state index contributed by atoms with van der Waals surface area (Å²) in [6.07, 6.45) is 4.02. The van der Waals surface area contributed by atoms with Crippen LogP contribution < -0.4 is 5.32 Å². The molecule has 3 heteroatoms. The van der Waals surface area contributed by atoms with Crippen molar-refractivity contribution < 1.29 is 4.42 Å². The van der Waals surface area contributed by atoms with Gasteiger partial charge in [-0.15, -0.1) is 0 Å². The van der Waals surface area contributed by atoms with Gasteiger partial charge in [-0.2, -0.15) is 0 Å². The molecule has 1 fully saturated rings. The van der Waals surface area contributed by atoms with Crippen LogP contribution >= 0.6 is 0 Å². The van der Waals surface area contributed by atoms with Crippen LogP contribution in [0.15, 0.2) is 10.6 Å². The van der Waals surface area contributed by atoms with Gasteiger partial charge in [-0.05, 0) is 18.9 Å². The molecule has 1 aromatic heterocycles. The minimum Gasteiger partial charge on any atom is -0.445 e. The maximum absolute atomic E-state index is 5.73. The standard InChI is InChI=1S/C11H18N2O/c1-8(2)5-11-13-7-10(14-11)9-3-4-12-6-9/h7-9,12H,3-6H2,1-2H3. The number of hydrogen-bond acceptors (Lipinski definition) is 3. The fourth-order valence-electron chi connectivity index (χ4n) is 1.85. The van der Waals surface area contributed by atoms with Gasteiger partial charge in [-0.1, -0.05) is 13.8 Å². The summed E-state index contributed by atoms with van der Waals surface area (Å²) in [5.41, 5.74) is 0. The van der Waals surface area contributed by atoms with Crippen molar-refractivity contribution in [2.24, 2.45) is 5.92 Å². The molecule has 78 valence electrons. The van der Waals surface area contributed by atoms with E-state index < -0.39 is 0 Å². The summed E-state index contributed by atoms with van der Waals surface area (Å²) in [5, 5.41) is 3.33. The van der Waals surface area contributed by atoms with Gasteiger partial charge in [-0.25, -0.2) is 4.98 Å². The quantitative estimate of drug-likeness (QED) is 0.799. The van der Waals surface area contributed by atoms with Crippen molar-refractivity contribution in [2.75, 3.05) is 13.1 Å². The predicted molar refractivity (Wildman–Crippen MR) is 55.3 cm³/mol. The molecule has 1 unspecified atom stereocenters. The van der Waals surface area contributed by atoms with E-state index in [1.165, 1.54) is 6.42 Å². The zero-order valence-electron chi connectivity index (χ0n) is 8.92. The van der Waals surface area contributed by atoms with E-state index in [4.69, 9.17) is 4.42 Å². The van der Waals surface area contributed by atoms with E-state index in [0.717, 1.165) is 31.2 Å². The van der Waals surface area contributed by atoms with E-state index in [0.29, 0.717) is 11.8 Å². The number of hydrogen-bond donors (Lipinski definition) is 1. The van der Waals surface area contributed by atoms with Crippen molar-refractivity contribution in [3.8, 4) is 0 Å². The lowest BCUT2D eigenvalue weighted by molar-refractivity contribution is 0.410. The summed E-state index contributed by atoms with van der Waals surface area (Å²) in [7, 11) is 0. The van der Waals surface area contributed by atoms with Gasteiger partial charge in [0.25, 0.3) is 0 Å². The smallest absolute Gasteiger partial charge is 0.194 e. The van der Waals surface area contributed by atoms with Gasteiger partial charge in [0.15, 0.2) is 5.89 Å². The van der Waals surface area contributed by atoms with E-state index in [9.17, 15) is 0 Å². The third-order valence-corrected chi connectivity index (χ3v) is 2.62. The zero-order chi connectivity index (χ0) is 9.97. The molecule has 1 N–H and O–H groups in total. The van der Waals surface area contributed by atoms with Crippen LogP contribution in [0.2, 0.25) is 0 Å². The number of oxazole rings is 1. The highest BCUT2D eigenvalue weighted by Crippen LogP contribution is 2.23. The third kappa shape index (κ3) is 2.15. The van der Waals surface area contributed by atoms with E-state index in [2.05, 4.69) is 24.1 Å². The first-order chi connectivity index (χ1) is 6.75. The van der Waals surface area contributed by atoms with Crippen LogP contribution in [-0.2, 0) is 6.42 Å². The molecule has 2 rings (SSSR count). The summed E-state index contributed by atoms with van der Waals surface area (Å²) in [4.78, 5) is 4.31. The number of nitrogens with zero attached hydrogens (tertiary/aromatic N) is 1. The maximum atomic E-state index is 5.73. The first-order valence-electron chi connectivity index (χ1n) is 5.41. The second-order valence-electron chi connectivity index (χ2n) is 4.44. The fraction of sp³-hybridized carbons (Fsp3) is 0.727. The van der Waals surface area contributed by atoms with Crippen LogP contribution in [0, 0.1) is 5.92 Å². The highest BCUT2D eigenvalue weighted by atomic mass is 16.4. The molecule has 0 aromatic carbocycles. The van der Waals surface area contributed by atoms with Gasteiger partial charge in [-0.3, -0.25) is 0 Å². The SMILES string of the molecule is CC(C)Cc1ncc(C2CCNC2)o1. The summed E-state index contributed by atoms with van der Waals surface area (Å²) in [5.74, 6) is 3.11. The Hall–Kier alpha value is -0.830. The van der Waals surface area contributed by atoms with E-state index in [1.807, 2.05) is 6.20 Å². The van der Waals surface area contributed by atoms with Crippen LogP contribution in [-0.4, -0.2) is 18.1 Å². The summed E-state index contributed by atoms with van der Waals surface area (Å²) in [6, 6.07) is 0. The molecule has 2 heterocycles. The Morgan fingerprint density at radius 2 is 2.50 bits per heavy atom. The van der Waals surface area contributed by atoms with Gasteiger partial charge in [0, 0.05) is 18.9 Å². The molecule has 1 aliphatic heterocycles. The summed E-state index contributed by atoms with van der Waals surface area (Å²) >= 11 is 0. The summed E-state index contributed by atoms with van der Waals surface area (Å²) < 4.78 is 5.73. The highest BCUT2D eigenvalue weighted by molar-refractivity contribution is 5.05. The topological polar surface area (TPSA) is 38.1 Å². The minimum atomic E-state index is 0.545. The van der Waals surface area contributed by atoms with E-state index in [1.54, 1.807) is 0 Å². The molecule has 1 saturated heterocycles. The van der Waals surface area contributed by atoms with Gasteiger partial charge >= 0.3 is 0 Å². The van der Waals surface area contributed by atoms with Crippen molar-refractivity contribution in [3.63, 3.8) is 0 Å². The molecule has 14 heavy (non-hydrogen) atoms. The fourth-order valence-corrected chi connectivity index (χ4v) is 1.85. The normalized spacial score (nSPS) is 22.1. The molecule has 1 aromatic rings. The van der Waals surface area contributed by atoms with Gasteiger partial charge < -0.3 is 9.73 Å². The Labute approximate surface area is 84.9 Å². The number of nitrogens with one attached hydrogen (secondary N) is 1. The Morgan fingerprint density at radius 1 is 1.64 bits per heavy atom. The first kappa shape index (κ1) is 9.71. The molecule has 0 amide bonds. The Morgan fingerprint density at radius 3 is 3.14 bits per heavy atom. The van der Waals surface area contributed by atoms with Crippen molar-refractivity contribution in [3.05, 3.63) is 17.8 Å². The average Bonchev–Trinajstić information content (AvgIpc) is 2.69. The van der Waals surface area contributed by atoms with Crippen molar-refractivity contribution in [1.82, 2.24) is 10.3 Å². The Balaban J connectivity index is 2.01. The van der Waals surface area contributed by atoms with E-state index >= 15 is 0 Å². The first-order valence-corrected chi connectivity index (χ1v) is 5.41.